The SMILES string of the molecule is CC(C)(C)c1cc(C(C)(C)C)c2c(c1[O-])[N-]c1c([O-])c(C(C)(C)C)cc(C(C)(C)C)c1O2.CC(C)(C)c1cc(C(C)(C)C)c2c(c1[O-])[N-]c1c([O-])c(C(C)(C)C)cc(C(C)(C)C)c1O2.[Mo]. The van der Waals surface area contributed by atoms with E-state index < -0.39 is 0 Å². The third kappa shape index (κ3) is 10.3. The van der Waals surface area contributed by atoms with Crippen LogP contribution in [-0.4, -0.2) is 0 Å². The van der Waals surface area contributed by atoms with Crippen molar-refractivity contribution in [1.82, 2.24) is 0 Å². The minimum Gasteiger partial charge on any atom is -0.873 e. The Hall–Kier alpha value is -4.03. The largest absolute Gasteiger partial charge is 0.873 e. The first-order valence-electron chi connectivity index (χ1n) is 22.8. The van der Waals surface area contributed by atoms with Crippen molar-refractivity contribution < 1.29 is 51.0 Å². The molecule has 358 valence electrons. The zero-order valence-electron chi connectivity index (χ0n) is 44.1. The van der Waals surface area contributed by atoms with Crippen LogP contribution in [0.4, 0.5) is 22.7 Å². The Morgan fingerprint density at radius 2 is 0.415 bits per heavy atom. The van der Waals surface area contributed by atoms with E-state index in [1.54, 1.807) is 0 Å². The van der Waals surface area contributed by atoms with E-state index in [2.05, 4.69) is 83.1 Å². The molecule has 9 heteroatoms. The third-order valence-corrected chi connectivity index (χ3v) is 12.2. The predicted octanol–water partition coefficient (Wildman–Crippen LogP) is 14.9. The van der Waals surface area contributed by atoms with Crippen molar-refractivity contribution in [2.24, 2.45) is 0 Å². The second-order valence-corrected chi connectivity index (χ2v) is 26.3. The molecule has 0 amide bonds. The number of fused-ring (bicyclic) bond motifs is 4. The molecule has 4 aromatic carbocycles. The van der Waals surface area contributed by atoms with Crippen LogP contribution in [0.2, 0.25) is 0 Å². The normalized spacial score (nSPS) is 14.2. The third-order valence-electron chi connectivity index (χ3n) is 12.2. The van der Waals surface area contributed by atoms with Crippen LogP contribution in [0.25, 0.3) is 10.6 Å². The Labute approximate surface area is 406 Å². The van der Waals surface area contributed by atoms with Crippen molar-refractivity contribution in [3.8, 4) is 46.0 Å². The summed E-state index contributed by atoms with van der Waals surface area (Å²) >= 11 is 0. The van der Waals surface area contributed by atoms with Crippen LogP contribution < -0.4 is 29.9 Å². The molecule has 0 radical (unpaired) electrons. The molecule has 2 aliphatic rings. The average Bonchev–Trinajstić information content (AvgIpc) is 3.07. The van der Waals surface area contributed by atoms with Crippen molar-refractivity contribution in [3.63, 3.8) is 0 Å². The van der Waals surface area contributed by atoms with Gasteiger partial charge in [-0.2, -0.15) is 0 Å². The minimum absolute atomic E-state index is 0. The Bertz CT molecular complexity index is 2150. The number of rotatable bonds is 0. The summed E-state index contributed by atoms with van der Waals surface area (Å²) in [5.41, 5.74) is 4.98. The number of hydrogen-bond donors (Lipinski definition) is 0. The summed E-state index contributed by atoms with van der Waals surface area (Å²) in [5.74, 6) is 1.28. The van der Waals surface area contributed by atoms with Gasteiger partial charge in [0.1, 0.15) is 23.0 Å². The Morgan fingerprint density at radius 3 is 0.538 bits per heavy atom. The molecule has 0 aliphatic carbocycles. The first kappa shape index (κ1) is 53.6. The van der Waals surface area contributed by atoms with Gasteiger partial charge in [-0.1, -0.05) is 235 Å². The molecular weight excluding hydrogens is 893 g/mol. The zero-order valence-corrected chi connectivity index (χ0v) is 46.1. The molecule has 0 saturated carbocycles. The predicted molar refractivity (Wildman–Crippen MR) is 259 cm³/mol. The Balaban J connectivity index is 0.000000280. The van der Waals surface area contributed by atoms with Gasteiger partial charge in [0.2, 0.25) is 0 Å². The summed E-state index contributed by atoms with van der Waals surface area (Å²) < 4.78 is 13.0. The van der Waals surface area contributed by atoms with E-state index in [4.69, 9.17) is 20.1 Å². The zero-order chi connectivity index (χ0) is 49.2. The van der Waals surface area contributed by atoms with Gasteiger partial charge >= 0.3 is 0 Å². The molecule has 2 aliphatic heterocycles. The van der Waals surface area contributed by atoms with Crippen LogP contribution in [0.1, 0.15) is 211 Å². The van der Waals surface area contributed by atoms with E-state index in [1.165, 1.54) is 0 Å². The molecule has 0 unspecified atom stereocenters. The van der Waals surface area contributed by atoms with E-state index in [0.717, 1.165) is 22.3 Å². The van der Waals surface area contributed by atoms with E-state index in [9.17, 15) is 20.4 Å². The van der Waals surface area contributed by atoms with Gasteiger partial charge in [0.05, 0.1) is 0 Å². The fourth-order valence-electron chi connectivity index (χ4n) is 8.24. The van der Waals surface area contributed by atoms with Gasteiger partial charge in [-0.3, -0.25) is 0 Å². The smallest absolute Gasteiger partial charge is 0.115 e. The van der Waals surface area contributed by atoms with Crippen LogP contribution in [0, 0.1) is 0 Å². The van der Waals surface area contributed by atoms with Crippen molar-refractivity contribution >= 4 is 22.7 Å². The van der Waals surface area contributed by atoms with Crippen molar-refractivity contribution in [2.45, 2.75) is 209 Å². The molecule has 0 atom stereocenters. The maximum Gasteiger partial charge on any atom is 0.115 e. The molecule has 2 heterocycles. The van der Waals surface area contributed by atoms with E-state index in [0.29, 0.717) is 45.3 Å². The maximum atomic E-state index is 13.5. The molecule has 0 fully saturated rings. The fraction of sp³-hybridized carbons (Fsp3) is 0.571. The van der Waals surface area contributed by atoms with Crippen molar-refractivity contribution in [3.05, 3.63) is 79.4 Å². The monoisotopic (exact) mass is 970 g/mol. The molecule has 6 rings (SSSR count). The Morgan fingerprint density at radius 1 is 0.277 bits per heavy atom. The van der Waals surface area contributed by atoms with Gasteiger partial charge in [0.15, 0.2) is 0 Å². The topological polar surface area (TPSA) is 139 Å². The molecule has 0 N–H and O–H groups in total. The van der Waals surface area contributed by atoms with Gasteiger partial charge in [-0.05, 0) is 65.6 Å². The number of benzene rings is 4. The summed E-state index contributed by atoms with van der Waals surface area (Å²) in [6.45, 7) is 49.5. The second kappa shape index (κ2) is 16.6. The molecule has 0 aromatic heterocycles. The van der Waals surface area contributed by atoms with E-state index >= 15 is 0 Å². The second-order valence-electron chi connectivity index (χ2n) is 26.3. The van der Waals surface area contributed by atoms with Crippen LogP contribution in [0.3, 0.4) is 0 Å². The molecule has 4 aromatic rings. The minimum atomic E-state index is -0.355. The van der Waals surface area contributed by atoms with Gasteiger partial charge in [0, 0.05) is 21.1 Å². The number of ether oxygens (including phenoxy) is 2. The van der Waals surface area contributed by atoms with Crippen molar-refractivity contribution in [2.75, 3.05) is 0 Å². The summed E-state index contributed by atoms with van der Waals surface area (Å²) in [6, 6.07) is 7.89. The summed E-state index contributed by atoms with van der Waals surface area (Å²) in [6.07, 6.45) is 0. The quantitative estimate of drug-likeness (QED) is 0.139. The number of nitrogens with zero attached hydrogens (tertiary/aromatic N) is 2. The standard InChI is InChI=1S/2C28H40NO3.Mo/c2*1-25(2,3)15-13-17(27(7,8)9)23-19(21(15)30)29-20-22(31)16(26(4,5)6)14-18(24(20)32-23)28(10,11)12;/h2*13-14,30-31H,1-12H3;/q2*-1;/p-4. The molecular formula is C56H76MoN2O6-6. The van der Waals surface area contributed by atoms with Crippen LogP contribution in [-0.2, 0) is 64.4 Å². The van der Waals surface area contributed by atoms with Crippen LogP contribution in [0.15, 0.2) is 24.3 Å². The van der Waals surface area contributed by atoms with Gasteiger partial charge in [-0.15, -0.1) is 23.0 Å². The van der Waals surface area contributed by atoms with Gasteiger partial charge in [0.25, 0.3) is 0 Å². The first-order valence-corrected chi connectivity index (χ1v) is 22.8. The first-order chi connectivity index (χ1) is 28.5. The van der Waals surface area contributed by atoms with Crippen molar-refractivity contribution in [1.29, 1.82) is 0 Å². The summed E-state index contributed by atoms with van der Waals surface area (Å²) in [4.78, 5) is 0. The molecule has 8 nitrogen and oxygen atoms in total. The van der Waals surface area contributed by atoms with Crippen LogP contribution in [0.5, 0.6) is 46.0 Å². The fourth-order valence-corrected chi connectivity index (χ4v) is 8.24. The molecule has 0 saturated heterocycles. The molecule has 65 heavy (non-hydrogen) atoms. The molecule has 0 bridgehead atoms. The summed E-state index contributed by atoms with van der Waals surface area (Å²) in [5, 5.41) is 63.7. The average molecular weight is 969 g/mol. The number of hydrogen-bond acceptors (Lipinski definition) is 6. The van der Waals surface area contributed by atoms with Crippen LogP contribution >= 0.6 is 0 Å². The van der Waals surface area contributed by atoms with E-state index in [-0.39, 0.29) is 110 Å². The maximum absolute atomic E-state index is 13.5. The van der Waals surface area contributed by atoms with E-state index in [1.807, 2.05) is 107 Å². The molecule has 0 spiro atoms. The summed E-state index contributed by atoms with van der Waals surface area (Å²) in [7, 11) is 0. The van der Waals surface area contributed by atoms with Gasteiger partial charge in [-0.25, -0.2) is 0 Å². The van der Waals surface area contributed by atoms with Gasteiger partial charge < -0.3 is 40.5 Å². The Kier molecular flexibility index (Phi) is 13.7.